The molecule has 3 amide bonds. The molecule has 1 aliphatic heterocycles. The summed E-state index contributed by atoms with van der Waals surface area (Å²) in [6.45, 7) is 0.219. The van der Waals surface area contributed by atoms with Crippen molar-refractivity contribution in [3.05, 3.63) is 41.6 Å². The molecule has 7 N–H and O–H groups in total. The van der Waals surface area contributed by atoms with Gasteiger partial charge in [-0.15, -0.1) is 0 Å². The van der Waals surface area contributed by atoms with Crippen molar-refractivity contribution in [3.63, 3.8) is 0 Å². The lowest BCUT2D eigenvalue weighted by Gasteiger charge is -2.29. The minimum Gasteiger partial charge on any atom is -0.508 e. The zero-order valence-corrected chi connectivity index (χ0v) is 19.7. The third kappa shape index (κ3) is 7.05. The van der Waals surface area contributed by atoms with Gasteiger partial charge in [-0.3, -0.25) is 14.4 Å². The summed E-state index contributed by atoms with van der Waals surface area (Å²) in [6.07, 6.45) is 6.15. The Morgan fingerprint density at radius 2 is 1.80 bits per heavy atom. The van der Waals surface area contributed by atoms with E-state index in [1.165, 1.54) is 12.1 Å². The molecule has 1 aromatic rings. The maximum Gasteiger partial charge on any atom is 0.326 e. The lowest BCUT2D eigenvalue weighted by molar-refractivity contribution is -0.144. The molecule has 10 heteroatoms. The molecule has 0 saturated heterocycles. The van der Waals surface area contributed by atoms with Crippen molar-refractivity contribution in [2.75, 3.05) is 6.54 Å². The van der Waals surface area contributed by atoms with Gasteiger partial charge in [0.05, 0.1) is 11.5 Å². The normalized spacial score (nSPS) is 23.5. The van der Waals surface area contributed by atoms with Crippen LogP contribution in [0.2, 0.25) is 0 Å². The minimum atomic E-state index is -1.09. The van der Waals surface area contributed by atoms with Gasteiger partial charge >= 0.3 is 5.97 Å². The molecule has 0 radical (unpaired) electrons. The number of hydrogen-bond donors (Lipinski definition) is 6. The van der Waals surface area contributed by atoms with Crippen LogP contribution in [-0.2, 0) is 25.6 Å². The molecule has 1 aliphatic carbocycles. The maximum absolute atomic E-state index is 13.0. The number of carbonyl (C=O) groups is 4. The number of carboxylic acids is 1. The van der Waals surface area contributed by atoms with Gasteiger partial charge in [0.15, 0.2) is 0 Å². The van der Waals surface area contributed by atoms with E-state index in [-0.39, 0.29) is 36.7 Å². The number of aromatic hydroxyl groups is 1. The molecule has 0 bridgehead atoms. The van der Waals surface area contributed by atoms with Gasteiger partial charge in [-0.05, 0) is 62.6 Å². The topological polar surface area (TPSA) is 171 Å². The molecule has 190 valence electrons. The van der Waals surface area contributed by atoms with Crippen molar-refractivity contribution in [2.45, 2.75) is 69.9 Å². The fraction of sp³-hybridized carbons (Fsp3) is 0.520. The fourth-order valence-electron chi connectivity index (χ4n) is 4.69. The third-order valence-electron chi connectivity index (χ3n) is 6.81. The number of amides is 3. The molecule has 1 spiro atoms. The third-order valence-corrected chi connectivity index (χ3v) is 6.81. The summed E-state index contributed by atoms with van der Waals surface area (Å²) in [4.78, 5) is 50.3. The van der Waals surface area contributed by atoms with Gasteiger partial charge in [-0.25, -0.2) is 4.79 Å². The Labute approximate surface area is 204 Å². The average Bonchev–Trinajstić information content (AvgIpc) is 3.30. The van der Waals surface area contributed by atoms with Crippen LogP contribution in [0.25, 0.3) is 0 Å². The SMILES string of the molecule is N[C@@H](Cc1ccc(O)cc1)C(=O)N/C1=C/CCC[C@@H](C(=O)O)NC(=O)C2(CCCC2)CCNC1=O. The second-order valence-electron chi connectivity index (χ2n) is 9.37. The standard InChI is InChI=1S/C25H34N4O6/c26-18(15-16-7-9-17(30)10-8-16)21(31)28-19-5-1-2-6-20(23(33)34)29-24(35)25(11-3-4-12-25)13-14-27-22(19)32/h5,7-10,18,20,30H,1-4,6,11-15,26H2,(H,27,32)(H,28,31)(H,29,35)(H,33,34)/b19-5+/t18-,20-/m0/s1. The number of nitrogens with two attached hydrogens (primary N) is 1. The van der Waals surface area contributed by atoms with Gasteiger partial charge < -0.3 is 31.9 Å². The lowest BCUT2D eigenvalue weighted by Crippen LogP contribution is -2.49. The molecule has 2 aliphatic rings. The Balaban J connectivity index is 1.71. The molecular formula is C25H34N4O6. The van der Waals surface area contributed by atoms with E-state index in [1.807, 2.05) is 0 Å². The van der Waals surface area contributed by atoms with Crippen molar-refractivity contribution in [1.82, 2.24) is 16.0 Å². The van der Waals surface area contributed by atoms with Crippen molar-refractivity contribution in [1.29, 1.82) is 0 Å². The van der Waals surface area contributed by atoms with Crippen LogP contribution in [0.1, 0.15) is 56.9 Å². The van der Waals surface area contributed by atoms with Crippen molar-refractivity contribution in [2.24, 2.45) is 11.1 Å². The smallest absolute Gasteiger partial charge is 0.326 e. The largest absolute Gasteiger partial charge is 0.508 e. The highest BCUT2D eigenvalue weighted by atomic mass is 16.4. The number of aliphatic carboxylic acids is 1. The number of carboxylic acid groups (broad SMARTS) is 1. The Morgan fingerprint density at radius 1 is 1.11 bits per heavy atom. The van der Waals surface area contributed by atoms with E-state index >= 15 is 0 Å². The van der Waals surface area contributed by atoms with Gasteiger partial charge in [-0.2, -0.15) is 0 Å². The van der Waals surface area contributed by atoms with E-state index < -0.39 is 35.3 Å². The molecule has 1 heterocycles. The highest BCUT2D eigenvalue weighted by molar-refractivity contribution is 5.98. The number of phenolic OH excluding ortho intramolecular Hbond substituents is 1. The van der Waals surface area contributed by atoms with E-state index in [0.29, 0.717) is 32.1 Å². The van der Waals surface area contributed by atoms with Crippen LogP contribution < -0.4 is 21.7 Å². The highest BCUT2D eigenvalue weighted by Gasteiger charge is 2.42. The first-order chi connectivity index (χ1) is 16.7. The van der Waals surface area contributed by atoms with Gasteiger partial charge in [0, 0.05) is 6.54 Å². The molecular weight excluding hydrogens is 452 g/mol. The molecule has 10 nitrogen and oxygen atoms in total. The average molecular weight is 487 g/mol. The number of hydrogen-bond acceptors (Lipinski definition) is 6. The summed E-state index contributed by atoms with van der Waals surface area (Å²) in [7, 11) is 0. The zero-order valence-electron chi connectivity index (χ0n) is 19.7. The zero-order chi connectivity index (χ0) is 25.4. The highest BCUT2D eigenvalue weighted by Crippen LogP contribution is 2.41. The molecule has 2 atom stereocenters. The fourth-order valence-corrected chi connectivity index (χ4v) is 4.69. The number of allylic oxidation sites excluding steroid dienone is 1. The molecule has 1 aromatic carbocycles. The summed E-state index contributed by atoms with van der Waals surface area (Å²) >= 11 is 0. The van der Waals surface area contributed by atoms with E-state index in [2.05, 4.69) is 16.0 Å². The van der Waals surface area contributed by atoms with Crippen LogP contribution in [0.5, 0.6) is 5.75 Å². The van der Waals surface area contributed by atoms with Crippen LogP contribution in [0.4, 0.5) is 0 Å². The Bertz CT molecular complexity index is 969. The van der Waals surface area contributed by atoms with Crippen molar-refractivity contribution in [3.8, 4) is 5.75 Å². The van der Waals surface area contributed by atoms with E-state index in [9.17, 15) is 29.4 Å². The Morgan fingerprint density at radius 3 is 2.46 bits per heavy atom. The monoisotopic (exact) mass is 486 g/mol. The molecule has 0 aromatic heterocycles. The second-order valence-corrected chi connectivity index (χ2v) is 9.37. The summed E-state index contributed by atoms with van der Waals surface area (Å²) in [6, 6.07) is 4.42. The Hall–Kier alpha value is -3.40. The molecule has 3 rings (SSSR count). The predicted molar refractivity (Wildman–Crippen MR) is 128 cm³/mol. The van der Waals surface area contributed by atoms with E-state index in [1.54, 1.807) is 18.2 Å². The maximum atomic E-state index is 13.0. The van der Waals surface area contributed by atoms with Crippen LogP contribution in [0.3, 0.4) is 0 Å². The van der Waals surface area contributed by atoms with Crippen LogP contribution in [0.15, 0.2) is 36.0 Å². The number of phenols is 1. The van der Waals surface area contributed by atoms with Crippen molar-refractivity contribution < 1.29 is 29.4 Å². The van der Waals surface area contributed by atoms with E-state index in [0.717, 1.165) is 18.4 Å². The van der Waals surface area contributed by atoms with Gasteiger partial charge in [0.1, 0.15) is 17.5 Å². The van der Waals surface area contributed by atoms with Crippen LogP contribution in [-0.4, -0.2) is 52.5 Å². The summed E-state index contributed by atoms with van der Waals surface area (Å²) in [5, 5.41) is 27.1. The Kier molecular flexibility index (Phi) is 8.86. The summed E-state index contributed by atoms with van der Waals surface area (Å²) < 4.78 is 0. The van der Waals surface area contributed by atoms with E-state index in [4.69, 9.17) is 5.73 Å². The quantitative estimate of drug-likeness (QED) is 0.361. The first-order valence-corrected chi connectivity index (χ1v) is 12.1. The number of benzene rings is 1. The van der Waals surface area contributed by atoms with Crippen molar-refractivity contribution >= 4 is 23.7 Å². The number of nitrogens with one attached hydrogen (secondary N) is 3. The molecule has 1 fully saturated rings. The van der Waals surface area contributed by atoms with Gasteiger partial charge in [-0.1, -0.05) is 31.1 Å². The predicted octanol–water partition coefficient (Wildman–Crippen LogP) is 1.08. The first kappa shape index (κ1) is 26.2. The summed E-state index contributed by atoms with van der Waals surface area (Å²) in [5.41, 5.74) is 6.16. The molecule has 35 heavy (non-hydrogen) atoms. The number of rotatable bonds is 5. The minimum absolute atomic E-state index is 0.0574. The molecule has 0 unspecified atom stereocenters. The van der Waals surface area contributed by atoms with Gasteiger partial charge in [0.25, 0.3) is 5.91 Å². The van der Waals surface area contributed by atoms with Crippen LogP contribution in [0, 0.1) is 5.41 Å². The lowest BCUT2D eigenvalue weighted by atomic mass is 9.81. The van der Waals surface area contributed by atoms with Gasteiger partial charge in [0.2, 0.25) is 11.8 Å². The summed E-state index contributed by atoms with van der Waals surface area (Å²) in [5.74, 6) is -2.25. The number of carbonyl (C=O) groups excluding carboxylic acids is 3. The van der Waals surface area contributed by atoms with Crippen LogP contribution >= 0.6 is 0 Å². The first-order valence-electron chi connectivity index (χ1n) is 12.1. The second kappa shape index (κ2) is 11.8. The molecule has 1 saturated carbocycles.